The Bertz CT molecular complexity index is 1030. The van der Waals surface area contributed by atoms with Gasteiger partial charge in [0.05, 0.1) is 14.2 Å². The van der Waals surface area contributed by atoms with Crippen molar-refractivity contribution in [3.05, 3.63) is 53.2 Å². The van der Waals surface area contributed by atoms with Crippen LogP contribution in [0.15, 0.2) is 41.9 Å². The first-order chi connectivity index (χ1) is 14.7. The summed E-state index contributed by atoms with van der Waals surface area (Å²) in [6, 6.07) is 9.49. The number of anilines is 1. The lowest BCUT2D eigenvalue weighted by atomic mass is 10.2. The molecule has 1 aliphatic heterocycles. The van der Waals surface area contributed by atoms with Gasteiger partial charge in [0.1, 0.15) is 28.0 Å². The summed E-state index contributed by atoms with van der Waals surface area (Å²) in [7, 11) is 3.20. The summed E-state index contributed by atoms with van der Waals surface area (Å²) in [6.07, 6.45) is 4.21. The van der Waals surface area contributed by atoms with Crippen molar-refractivity contribution in [1.82, 2.24) is 15.3 Å². The molecule has 156 valence electrons. The highest BCUT2D eigenvalue weighted by Crippen LogP contribution is 2.28. The number of amides is 1. The summed E-state index contributed by atoms with van der Waals surface area (Å²) < 4.78 is 10.6. The molecule has 0 bridgehead atoms. The molecule has 30 heavy (non-hydrogen) atoms. The topological polar surface area (TPSA) is 76.6 Å². The van der Waals surface area contributed by atoms with E-state index in [1.807, 2.05) is 24.3 Å². The lowest BCUT2D eigenvalue weighted by Crippen LogP contribution is -2.23. The van der Waals surface area contributed by atoms with Crippen LogP contribution >= 0.6 is 11.3 Å². The molecule has 0 saturated carbocycles. The van der Waals surface area contributed by atoms with Crippen LogP contribution in [-0.2, 0) is 6.54 Å². The van der Waals surface area contributed by atoms with Gasteiger partial charge in [0.25, 0.3) is 5.91 Å². The van der Waals surface area contributed by atoms with E-state index in [-0.39, 0.29) is 5.91 Å². The Morgan fingerprint density at radius 3 is 2.77 bits per heavy atom. The zero-order chi connectivity index (χ0) is 20.9. The lowest BCUT2D eigenvalue weighted by Gasteiger charge is -2.16. The second-order valence-corrected chi connectivity index (χ2v) is 7.85. The molecule has 7 nitrogen and oxygen atoms in total. The van der Waals surface area contributed by atoms with Gasteiger partial charge in [-0.15, -0.1) is 11.3 Å². The number of benzene rings is 1. The normalized spacial score (nSPS) is 13.3. The Morgan fingerprint density at radius 1 is 1.17 bits per heavy atom. The van der Waals surface area contributed by atoms with Gasteiger partial charge in [-0.05, 0) is 37.1 Å². The quantitative estimate of drug-likeness (QED) is 0.623. The molecule has 0 aliphatic carbocycles. The van der Waals surface area contributed by atoms with Crippen molar-refractivity contribution in [2.75, 3.05) is 32.2 Å². The number of ether oxygens (including phenoxy) is 2. The number of aromatic nitrogens is 2. The van der Waals surface area contributed by atoms with E-state index < -0.39 is 0 Å². The second-order valence-electron chi connectivity index (χ2n) is 7.00. The van der Waals surface area contributed by atoms with Crippen LogP contribution in [-0.4, -0.2) is 43.2 Å². The molecule has 1 saturated heterocycles. The maximum absolute atomic E-state index is 12.6. The summed E-state index contributed by atoms with van der Waals surface area (Å²) in [5, 5.41) is 5.51. The number of pyridine rings is 1. The summed E-state index contributed by atoms with van der Waals surface area (Å²) >= 11 is 1.46. The van der Waals surface area contributed by atoms with Crippen LogP contribution in [0.5, 0.6) is 11.5 Å². The number of hydrogen-bond donors (Lipinski definition) is 1. The summed E-state index contributed by atoms with van der Waals surface area (Å²) in [6.45, 7) is 2.42. The largest absolute Gasteiger partial charge is 0.497 e. The van der Waals surface area contributed by atoms with Crippen molar-refractivity contribution in [3.8, 4) is 22.1 Å². The van der Waals surface area contributed by atoms with Crippen LogP contribution in [0, 0.1) is 0 Å². The fourth-order valence-corrected chi connectivity index (χ4v) is 4.24. The average Bonchev–Trinajstić information content (AvgIpc) is 3.50. The zero-order valence-electron chi connectivity index (χ0n) is 17.1. The molecule has 0 unspecified atom stereocenters. The van der Waals surface area contributed by atoms with E-state index in [1.165, 1.54) is 24.2 Å². The van der Waals surface area contributed by atoms with E-state index in [1.54, 1.807) is 31.9 Å². The Balaban J connectivity index is 1.44. The first-order valence-electron chi connectivity index (χ1n) is 9.84. The van der Waals surface area contributed by atoms with Crippen LogP contribution in [0.1, 0.15) is 28.9 Å². The highest BCUT2D eigenvalue weighted by molar-refractivity contribution is 7.13. The number of methoxy groups -OCH3 is 2. The molecule has 0 spiro atoms. The Hall–Kier alpha value is -3.13. The van der Waals surface area contributed by atoms with Gasteiger partial charge in [0.15, 0.2) is 0 Å². The van der Waals surface area contributed by atoms with Crippen molar-refractivity contribution in [1.29, 1.82) is 0 Å². The van der Waals surface area contributed by atoms with Gasteiger partial charge in [-0.3, -0.25) is 4.79 Å². The predicted molar refractivity (Wildman–Crippen MR) is 118 cm³/mol. The standard InChI is InChI=1S/C22H24N4O3S/c1-28-17-6-5-16(19(12-17)29-2)13-24-21(27)18-14-30-22(25-18)15-7-8-23-20(11-15)26-9-3-4-10-26/h5-8,11-12,14H,3-4,9-10,13H2,1-2H3,(H,24,27). The molecule has 3 aromatic rings. The van der Waals surface area contributed by atoms with Gasteiger partial charge in [0, 0.05) is 48.4 Å². The highest BCUT2D eigenvalue weighted by Gasteiger charge is 2.16. The predicted octanol–water partition coefficient (Wildman–Crippen LogP) is 3.75. The first-order valence-corrected chi connectivity index (χ1v) is 10.7. The third-order valence-corrected chi connectivity index (χ3v) is 5.98. The molecule has 0 radical (unpaired) electrons. The minimum absolute atomic E-state index is 0.218. The number of nitrogens with zero attached hydrogens (tertiary/aromatic N) is 3. The van der Waals surface area contributed by atoms with Crippen molar-refractivity contribution in [2.45, 2.75) is 19.4 Å². The maximum atomic E-state index is 12.6. The average molecular weight is 425 g/mol. The van der Waals surface area contributed by atoms with E-state index in [2.05, 4.69) is 20.2 Å². The third-order valence-electron chi connectivity index (χ3n) is 5.09. The van der Waals surface area contributed by atoms with Crippen LogP contribution in [0.4, 0.5) is 5.82 Å². The summed E-state index contributed by atoms with van der Waals surface area (Å²) in [4.78, 5) is 23.9. The van der Waals surface area contributed by atoms with Gasteiger partial charge < -0.3 is 19.7 Å². The van der Waals surface area contributed by atoms with Crippen molar-refractivity contribution in [2.24, 2.45) is 0 Å². The molecule has 0 atom stereocenters. The monoisotopic (exact) mass is 424 g/mol. The molecule has 1 fully saturated rings. The minimum Gasteiger partial charge on any atom is -0.497 e. The molecular formula is C22H24N4O3S. The Labute approximate surface area is 179 Å². The fraction of sp³-hybridized carbons (Fsp3) is 0.318. The number of carbonyl (C=O) groups excluding carboxylic acids is 1. The number of hydrogen-bond acceptors (Lipinski definition) is 7. The third kappa shape index (κ3) is 4.38. The molecule has 1 aliphatic rings. The van der Waals surface area contributed by atoms with Gasteiger partial charge in [-0.25, -0.2) is 9.97 Å². The number of nitrogens with one attached hydrogen (secondary N) is 1. The van der Waals surface area contributed by atoms with E-state index in [9.17, 15) is 4.79 Å². The minimum atomic E-state index is -0.218. The Kier molecular flexibility index (Phi) is 6.13. The smallest absolute Gasteiger partial charge is 0.271 e. The summed E-state index contributed by atoms with van der Waals surface area (Å²) in [5.74, 6) is 2.12. The van der Waals surface area contributed by atoms with Crippen molar-refractivity contribution < 1.29 is 14.3 Å². The molecule has 3 heterocycles. The van der Waals surface area contributed by atoms with Gasteiger partial charge in [0.2, 0.25) is 0 Å². The molecular weight excluding hydrogens is 400 g/mol. The second kappa shape index (κ2) is 9.13. The SMILES string of the molecule is COc1ccc(CNC(=O)c2csc(-c3ccnc(N4CCCC4)c3)n2)c(OC)c1. The van der Waals surface area contributed by atoms with E-state index in [4.69, 9.17) is 9.47 Å². The van der Waals surface area contributed by atoms with Crippen LogP contribution in [0.25, 0.3) is 10.6 Å². The van der Waals surface area contributed by atoms with Gasteiger partial charge in [-0.1, -0.05) is 0 Å². The number of rotatable bonds is 7. The molecule has 2 aromatic heterocycles. The number of thiazole rings is 1. The lowest BCUT2D eigenvalue weighted by molar-refractivity contribution is 0.0946. The maximum Gasteiger partial charge on any atom is 0.271 e. The highest BCUT2D eigenvalue weighted by atomic mass is 32.1. The molecule has 1 N–H and O–H groups in total. The van der Waals surface area contributed by atoms with Crippen molar-refractivity contribution >= 4 is 23.1 Å². The fourth-order valence-electron chi connectivity index (χ4n) is 3.45. The van der Waals surface area contributed by atoms with Crippen LogP contribution < -0.4 is 19.7 Å². The van der Waals surface area contributed by atoms with Gasteiger partial charge in [-0.2, -0.15) is 0 Å². The van der Waals surface area contributed by atoms with E-state index in [0.29, 0.717) is 23.7 Å². The van der Waals surface area contributed by atoms with Gasteiger partial charge >= 0.3 is 0 Å². The Morgan fingerprint density at radius 2 is 2.00 bits per heavy atom. The molecule has 4 rings (SSSR count). The van der Waals surface area contributed by atoms with E-state index >= 15 is 0 Å². The van der Waals surface area contributed by atoms with Crippen molar-refractivity contribution in [3.63, 3.8) is 0 Å². The number of carbonyl (C=O) groups is 1. The van der Waals surface area contributed by atoms with E-state index in [0.717, 1.165) is 35.0 Å². The molecule has 1 aromatic carbocycles. The molecule has 1 amide bonds. The molecule has 8 heteroatoms. The van der Waals surface area contributed by atoms with Crippen LogP contribution in [0.3, 0.4) is 0 Å². The first kappa shape index (κ1) is 20.2. The summed E-state index contributed by atoms with van der Waals surface area (Å²) in [5.41, 5.74) is 2.25. The van der Waals surface area contributed by atoms with Crippen LogP contribution in [0.2, 0.25) is 0 Å². The zero-order valence-corrected chi connectivity index (χ0v) is 17.9.